The van der Waals surface area contributed by atoms with Crippen LogP contribution in [0.4, 0.5) is 28.7 Å². The minimum atomic E-state index is -4.38. The van der Waals surface area contributed by atoms with Crippen LogP contribution in [0.25, 0.3) is 0 Å². The highest BCUT2D eigenvalue weighted by Crippen LogP contribution is 2.32. The Kier molecular flexibility index (Phi) is 6.46. The molecular formula is C21H21N7O6S. The molecular weight excluding hydrogens is 478 g/mol. The van der Waals surface area contributed by atoms with Gasteiger partial charge in [0.15, 0.2) is 0 Å². The molecule has 13 nitrogen and oxygen atoms in total. The maximum Gasteiger partial charge on any atom is 0.280 e. The Bertz CT molecular complexity index is 1320. The van der Waals surface area contributed by atoms with Gasteiger partial charge < -0.3 is 9.80 Å². The normalized spacial score (nSPS) is 14.0. The number of anilines is 3. The van der Waals surface area contributed by atoms with Crippen molar-refractivity contribution in [3.05, 3.63) is 80.7 Å². The first-order valence-corrected chi connectivity index (χ1v) is 12.0. The van der Waals surface area contributed by atoms with Crippen LogP contribution in [0.15, 0.2) is 59.8 Å². The number of hydrogen-bond acceptors (Lipinski definition) is 10. The molecule has 0 aliphatic carbocycles. The standard InChI is InChI=1S/C21H21N7O6S/c1-15-19(27(29)30)11-18(12-20(15)28(31)32)35(33,34)24-16-13-22-21(23-14-16)26-9-7-25(8-10-26)17-5-3-2-4-6-17/h2-6,11-14,24H,7-10H2,1H3. The van der Waals surface area contributed by atoms with E-state index in [2.05, 4.69) is 19.6 Å². The highest BCUT2D eigenvalue weighted by molar-refractivity contribution is 7.92. The molecule has 4 rings (SSSR count). The number of hydrogen-bond donors (Lipinski definition) is 1. The van der Waals surface area contributed by atoms with Gasteiger partial charge in [0.2, 0.25) is 5.95 Å². The summed E-state index contributed by atoms with van der Waals surface area (Å²) in [7, 11) is -4.38. The Labute approximate surface area is 200 Å². The number of nitro groups is 2. The molecule has 0 radical (unpaired) electrons. The fourth-order valence-corrected chi connectivity index (χ4v) is 4.82. The van der Waals surface area contributed by atoms with Crippen LogP contribution in [0.2, 0.25) is 0 Å². The van der Waals surface area contributed by atoms with E-state index in [4.69, 9.17) is 0 Å². The SMILES string of the molecule is Cc1c([N+](=O)[O-])cc(S(=O)(=O)Nc2cnc(N3CCN(c4ccccc4)CC3)nc2)cc1[N+](=O)[O-]. The van der Waals surface area contributed by atoms with Crippen molar-refractivity contribution in [3.8, 4) is 0 Å². The smallest absolute Gasteiger partial charge is 0.280 e. The van der Waals surface area contributed by atoms with E-state index < -0.39 is 36.1 Å². The predicted octanol–water partition coefficient (Wildman–Crippen LogP) is 2.73. The molecule has 0 bridgehead atoms. The van der Waals surface area contributed by atoms with Crippen molar-refractivity contribution in [1.82, 2.24) is 9.97 Å². The van der Waals surface area contributed by atoms with Crippen molar-refractivity contribution in [3.63, 3.8) is 0 Å². The van der Waals surface area contributed by atoms with E-state index >= 15 is 0 Å². The number of para-hydroxylation sites is 1. The number of benzene rings is 2. The first-order chi connectivity index (χ1) is 16.7. The molecule has 0 unspecified atom stereocenters. The van der Waals surface area contributed by atoms with Gasteiger partial charge in [-0.1, -0.05) is 18.2 Å². The number of nitrogens with zero attached hydrogens (tertiary/aromatic N) is 6. The molecule has 0 saturated carbocycles. The number of nitrogens with one attached hydrogen (secondary N) is 1. The summed E-state index contributed by atoms with van der Waals surface area (Å²) in [5.74, 6) is 0.433. The van der Waals surface area contributed by atoms with Gasteiger partial charge in [-0.05, 0) is 19.1 Å². The van der Waals surface area contributed by atoms with Crippen LogP contribution in [0.1, 0.15) is 5.56 Å². The van der Waals surface area contributed by atoms with E-state index in [1.54, 1.807) is 0 Å². The van der Waals surface area contributed by atoms with E-state index in [1.165, 1.54) is 19.3 Å². The molecule has 1 N–H and O–H groups in total. The zero-order chi connectivity index (χ0) is 25.2. The Morgan fingerprint density at radius 1 is 0.886 bits per heavy atom. The molecule has 1 saturated heterocycles. The van der Waals surface area contributed by atoms with Crippen LogP contribution >= 0.6 is 0 Å². The maximum atomic E-state index is 12.8. The van der Waals surface area contributed by atoms with E-state index in [1.807, 2.05) is 35.2 Å². The summed E-state index contributed by atoms with van der Waals surface area (Å²) < 4.78 is 27.8. The average Bonchev–Trinajstić information content (AvgIpc) is 2.84. The van der Waals surface area contributed by atoms with Crippen molar-refractivity contribution in [2.24, 2.45) is 0 Å². The largest absolute Gasteiger partial charge is 0.368 e. The third-order valence-electron chi connectivity index (χ3n) is 5.60. The fourth-order valence-electron chi connectivity index (χ4n) is 3.75. The molecule has 1 aliphatic rings. The van der Waals surface area contributed by atoms with Gasteiger partial charge in [0.25, 0.3) is 21.4 Å². The summed E-state index contributed by atoms with van der Waals surface area (Å²) >= 11 is 0. The van der Waals surface area contributed by atoms with Crippen molar-refractivity contribution in [2.45, 2.75) is 11.8 Å². The van der Waals surface area contributed by atoms with Gasteiger partial charge in [-0.2, -0.15) is 0 Å². The topological polar surface area (TPSA) is 165 Å². The molecule has 1 aromatic heterocycles. The van der Waals surface area contributed by atoms with Gasteiger partial charge in [-0.15, -0.1) is 0 Å². The zero-order valence-corrected chi connectivity index (χ0v) is 19.4. The van der Waals surface area contributed by atoms with Crippen molar-refractivity contribution in [2.75, 3.05) is 40.7 Å². The third kappa shape index (κ3) is 5.11. The van der Waals surface area contributed by atoms with E-state index in [9.17, 15) is 28.6 Å². The summed E-state index contributed by atoms with van der Waals surface area (Å²) in [4.78, 5) is 32.9. The molecule has 3 aromatic rings. The number of rotatable bonds is 7. The maximum absolute atomic E-state index is 12.8. The van der Waals surface area contributed by atoms with Crippen LogP contribution in [0.5, 0.6) is 0 Å². The summed E-state index contributed by atoms with van der Waals surface area (Å²) in [6.45, 7) is 4.08. The first kappa shape index (κ1) is 23.8. The number of aromatic nitrogens is 2. The van der Waals surface area contributed by atoms with Crippen molar-refractivity contribution in [1.29, 1.82) is 0 Å². The summed E-state index contributed by atoms with van der Waals surface area (Å²) in [6.07, 6.45) is 2.56. The van der Waals surface area contributed by atoms with Crippen LogP contribution in [-0.2, 0) is 10.0 Å². The lowest BCUT2D eigenvalue weighted by Gasteiger charge is -2.36. The summed E-state index contributed by atoms with van der Waals surface area (Å²) in [5, 5.41) is 22.5. The van der Waals surface area contributed by atoms with E-state index in [-0.39, 0.29) is 11.3 Å². The second-order valence-electron chi connectivity index (χ2n) is 7.79. The number of nitro benzene ring substituents is 2. The molecule has 182 valence electrons. The Balaban J connectivity index is 1.48. The quantitative estimate of drug-likeness (QED) is 0.377. The second kappa shape index (κ2) is 9.50. The molecule has 2 aromatic carbocycles. The molecule has 35 heavy (non-hydrogen) atoms. The average molecular weight is 500 g/mol. The van der Waals surface area contributed by atoms with Gasteiger partial charge in [0.05, 0.1) is 27.9 Å². The third-order valence-corrected chi connectivity index (χ3v) is 6.97. The molecule has 0 spiro atoms. The van der Waals surface area contributed by atoms with Gasteiger partial charge in [-0.3, -0.25) is 25.0 Å². The van der Waals surface area contributed by atoms with E-state index in [0.29, 0.717) is 19.0 Å². The number of sulfonamides is 1. The zero-order valence-electron chi connectivity index (χ0n) is 18.6. The van der Waals surface area contributed by atoms with Gasteiger partial charge in [0, 0.05) is 44.0 Å². The van der Waals surface area contributed by atoms with Gasteiger partial charge in [0.1, 0.15) is 10.5 Å². The van der Waals surface area contributed by atoms with Crippen molar-refractivity contribution < 1.29 is 18.3 Å². The molecule has 2 heterocycles. The lowest BCUT2D eigenvalue weighted by atomic mass is 10.1. The van der Waals surface area contributed by atoms with E-state index in [0.717, 1.165) is 30.9 Å². The van der Waals surface area contributed by atoms with Gasteiger partial charge >= 0.3 is 0 Å². The Morgan fingerprint density at radius 3 is 1.91 bits per heavy atom. The highest BCUT2D eigenvalue weighted by Gasteiger charge is 2.28. The molecule has 0 atom stereocenters. The molecule has 1 fully saturated rings. The van der Waals surface area contributed by atoms with Crippen molar-refractivity contribution >= 4 is 38.7 Å². The van der Waals surface area contributed by atoms with Gasteiger partial charge in [-0.25, -0.2) is 18.4 Å². The van der Waals surface area contributed by atoms with Crippen LogP contribution in [-0.4, -0.2) is 54.4 Å². The lowest BCUT2D eigenvalue weighted by Crippen LogP contribution is -2.47. The molecule has 0 amide bonds. The van der Waals surface area contributed by atoms with Crippen LogP contribution in [0.3, 0.4) is 0 Å². The summed E-state index contributed by atoms with van der Waals surface area (Å²) in [6, 6.07) is 11.6. The monoisotopic (exact) mass is 499 g/mol. The summed E-state index contributed by atoms with van der Waals surface area (Å²) in [5.41, 5.74) is -0.419. The highest BCUT2D eigenvalue weighted by atomic mass is 32.2. The molecule has 14 heteroatoms. The molecule has 1 aliphatic heterocycles. The lowest BCUT2D eigenvalue weighted by molar-refractivity contribution is -0.395. The predicted molar refractivity (Wildman–Crippen MR) is 128 cm³/mol. The minimum Gasteiger partial charge on any atom is -0.368 e. The Hall–Kier alpha value is -4.33. The minimum absolute atomic E-state index is 0.0163. The van der Waals surface area contributed by atoms with Crippen LogP contribution < -0.4 is 14.5 Å². The fraction of sp³-hybridized carbons (Fsp3) is 0.238. The second-order valence-corrected chi connectivity index (χ2v) is 9.47. The number of piperazine rings is 1. The van der Waals surface area contributed by atoms with Crippen LogP contribution in [0, 0.1) is 27.2 Å². The first-order valence-electron chi connectivity index (χ1n) is 10.5. The Morgan fingerprint density at radius 2 is 1.40 bits per heavy atom.